The van der Waals surface area contributed by atoms with Crippen LogP contribution in [0.3, 0.4) is 0 Å². The molecule has 0 unspecified atom stereocenters. The average Bonchev–Trinajstić information content (AvgIpc) is 4.04. The van der Waals surface area contributed by atoms with E-state index in [9.17, 15) is 0 Å². The second-order valence-electron chi connectivity index (χ2n) is 16.7. The van der Waals surface area contributed by atoms with Crippen LogP contribution in [0, 0.1) is 0 Å². The van der Waals surface area contributed by atoms with Gasteiger partial charge in [-0.25, -0.2) is 0 Å². The number of nitrogens with zero attached hydrogens (tertiary/aromatic N) is 3. The highest BCUT2D eigenvalue weighted by molar-refractivity contribution is 7.99. The molecule has 0 aliphatic carbocycles. The molecule has 0 saturated carbocycles. The molecule has 0 atom stereocenters. The van der Waals surface area contributed by atoms with Crippen LogP contribution in [0.25, 0.3) is 54.0 Å². The summed E-state index contributed by atoms with van der Waals surface area (Å²) in [6, 6.07) is 70.4. The maximum Gasteiger partial charge on any atom is 0.264 e. The molecule has 3 aliphatic rings. The van der Waals surface area contributed by atoms with Gasteiger partial charge in [-0.1, -0.05) is 121 Å². The van der Waals surface area contributed by atoms with Gasteiger partial charge in [0.15, 0.2) is 0 Å². The number of fused-ring (bicyclic) bond motifs is 17. The number of thiophene rings is 1. The number of benzene rings is 9. The Morgan fingerprint density at radius 3 is 1.80 bits per heavy atom. The zero-order valence-electron chi connectivity index (χ0n) is 34.0. The van der Waals surface area contributed by atoms with Crippen molar-refractivity contribution in [2.75, 3.05) is 14.7 Å². The average molecular weight is 854 g/mol. The van der Waals surface area contributed by atoms with Crippen molar-refractivity contribution in [2.45, 2.75) is 9.79 Å². The Morgan fingerprint density at radius 2 is 1.00 bits per heavy atom. The third-order valence-electron chi connectivity index (χ3n) is 13.4. The van der Waals surface area contributed by atoms with Crippen LogP contribution in [0.2, 0.25) is 0 Å². The summed E-state index contributed by atoms with van der Waals surface area (Å²) in [5.41, 5.74) is 16.2. The summed E-state index contributed by atoms with van der Waals surface area (Å²) in [4.78, 5) is 9.88. The second kappa shape index (κ2) is 13.0. The van der Waals surface area contributed by atoms with Gasteiger partial charge in [-0.2, -0.15) is 0 Å². The van der Waals surface area contributed by atoms with Crippen molar-refractivity contribution in [2.24, 2.45) is 0 Å². The molecule has 5 nitrogen and oxygen atoms in total. The van der Waals surface area contributed by atoms with E-state index in [0.29, 0.717) is 0 Å². The Morgan fingerprint density at radius 1 is 0.391 bits per heavy atom. The Bertz CT molecular complexity index is 3950. The highest BCUT2D eigenvalue weighted by atomic mass is 32.2. The summed E-state index contributed by atoms with van der Waals surface area (Å²) < 4.78 is 16.2. The van der Waals surface area contributed by atoms with E-state index in [1.54, 1.807) is 0 Å². The van der Waals surface area contributed by atoms with Gasteiger partial charge in [-0.05, 0) is 89.8 Å². The summed E-state index contributed by atoms with van der Waals surface area (Å²) in [6.45, 7) is -0.0764. The smallest absolute Gasteiger partial charge is 0.264 e. The van der Waals surface area contributed by atoms with E-state index >= 15 is 0 Å². The summed E-state index contributed by atoms with van der Waals surface area (Å²) >= 11 is 3.74. The van der Waals surface area contributed by atoms with E-state index in [0.717, 1.165) is 89.4 Å². The highest BCUT2D eigenvalue weighted by Crippen LogP contribution is 2.56. The van der Waals surface area contributed by atoms with Crippen LogP contribution >= 0.6 is 23.1 Å². The number of rotatable bonds is 2. The van der Waals surface area contributed by atoms with Gasteiger partial charge >= 0.3 is 0 Å². The van der Waals surface area contributed by atoms with Crippen LogP contribution in [0.1, 0.15) is 0 Å². The largest absolute Gasteiger partial charge is 0.456 e. The minimum Gasteiger partial charge on any atom is -0.456 e. The van der Waals surface area contributed by atoms with Gasteiger partial charge < -0.3 is 23.5 Å². The van der Waals surface area contributed by atoms with Gasteiger partial charge in [0.1, 0.15) is 22.3 Å². The maximum atomic E-state index is 7.03. The molecular weight excluding hydrogens is 822 g/mol. The number of para-hydroxylation sites is 5. The van der Waals surface area contributed by atoms with E-state index in [1.165, 1.54) is 41.3 Å². The Hall–Kier alpha value is -7.65. The zero-order chi connectivity index (χ0) is 41.6. The number of furan rings is 2. The number of hydrogen-bond donors (Lipinski definition) is 0. The van der Waals surface area contributed by atoms with Crippen LogP contribution < -0.4 is 30.4 Å². The number of anilines is 9. The van der Waals surface area contributed by atoms with Gasteiger partial charge in [-0.3, -0.25) is 0 Å². The molecule has 3 aliphatic heterocycles. The van der Waals surface area contributed by atoms with Crippen molar-refractivity contribution in [1.82, 2.24) is 0 Å². The van der Waals surface area contributed by atoms with Crippen molar-refractivity contribution in [3.63, 3.8) is 0 Å². The van der Waals surface area contributed by atoms with E-state index in [2.05, 4.69) is 209 Å². The normalized spacial score (nSPS) is 13.8. The summed E-state index contributed by atoms with van der Waals surface area (Å²) in [7, 11) is 0. The molecule has 0 saturated heterocycles. The molecule has 15 rings (SSSR count). The van der Waals surface area contributed by atoms with Crippen LogP contribution in [0.5, 0.6) is 0 Å². The molecule has 3 aromatic heterocycles. The molecule has 0 amide bonds. The molecule has 64 heavy (non-hydrogen) atoms. The summed E-state index contributed by atoms with van der Waals surface area (Å²) in [6.07, 6.45) is 0. The van der Waals surface area contributed by atoms with Gasteiger partial charge in [0, 0.05) is 64.2 Å². The first-order chi connectivity index (χ1) is 31.8. The summed E-state index contributed by atoms with van der Waals surface area (Å²) in [5.74, 6) is 0. The molecule has 0 fully saturated rings. The fraction of sp³-hybridized carbons (Fsp3) is 0. The fourth-order valence-electron chi connectivity index (χ4n) is 10.8. The minimum atomic E-state index is -0.0764. The Kier molecular flexibility index (Phi) is 7.06. The first-order valence-corrected chi connectivity index (χ1v) is 23.3. The fourth-order valence-corrected chi connectivity index (χ4v) is 13.2. The monoisotopic (exact) mass is 853 g/mol. The topological polar surface area (TPSA) is 36.0 Å². The molecule has 9 aromatic carbocycles. The van der Waals surface area contributed by atoms with Crippen LogP contribution in [-0.4, -0.2) is 6.71 Å². The molecule has 0 spiro atoms. The lowest BCUT2D eigenvalue weighted by atomic mass is 9.36. The molecular formula is C56H32BN3O2S2. The second-order valence-corrected chi connectivity index (χ2v) is 18.9. The lowest BCUT2D eigenvalue weighted by Gasteiger charge is -2.44. The van der Waals surface area contributed by atoms with E-state index in [4.69, 9.17) is 8.83 Å². The van der Waals surface area contributed by atoms with Gasteiger partial charge in [0.25, 0.3) is 6.71 Å². The molecule has 2 bridgehead atoms. The third kappa shape index (κ3) is 4.65. The number of hydrogen-bond acceptors (Lipinski definition) is 7. The first kappa shape index (κ1) is 34.9. The molecule has 6 heterocycles. The maximum absolute atomic E-state index is 7.03. The van der Waals surface area contributed by atoms with Gasteiger partial charge in [0.2, 0.25) is 0 Å². The summed E-state index contributed by atoms with van der Waals surface area (Å²) in [5, 5.41) is 5.64. The lowest BCUT2D eigenvalue weighted by molar-refractivity contribution is 0.669. The predicted molar refractivity (Wildman–Crippen MR) is 269 cm³/mol. The predicted octanol–water partition coefficient (Wildman–Crippen LogP) is 14.7. The van der Waals surface area contributed by atoms with Gasteiger partial charge in [-0.15, -0.1) is 11.3 Å². The van der Waals surface area contributed by atoms with E-state index in [1.807, 2.05) is 23.1 Å². The zero-order valence-corrected chi connectivity index (χ0v) is 35.7. The van der Waals surface area contributed by atoms with Crippen molar-refractivity contribution < 1.29 is 8.83 Å². The van der Waals surface area contributed by atoms with E-state index < -0.39 is 0 Å². The van der Waals surface area contributed by atoms with Crippen molar-refractivity contribution in [3.8, 4) is 0 Å². The lowest BCUT2D eigenvalue weighted by Crippen LogP contribution is -2.60. The third-order valence-corrected chi connectivity index (χ3v) is 15.7. The standard InChI is InChI=1S/C56H32BN3O2S2/c1-2-15-33(16-3-1)58-34-29-30-38-42(31-34)59(40-21-8-13-28-50(40)63-49-27-12-7-20-39(49)58)55-52-36-18-5-10-24-45(36)62-47(52)32-43-53(55)57(38)56-54(37-19-6-11-26-48(37)64-56)60(43)41-22-14-25-46-51(41)35-17-4-9-23-44(35)61-46/h1-32H. The Labute approximate surface area is 376 Å². The molecule has 298 valence electrons. The Balaban J connectivity index is 1.13. The molecule has 0 N–H and O–H groups in total. The van der Waals surface area contributed by atoms with Crippen LogP contribution in [0.15, 0.2) is 213 Å². The SMILES string of the molecule is c1ccc(N2c3ccc4c(c3)N(c3ccccc3Sc3ccccc32)c2c3c(cc5oc6ccccc6c25)N(c2cccc5oc6ccccc6c25)c2c(sc5ccccc25)B43)cc1. The van der Waals surface area contributed by atoms with Crippen molar-refractivity contribution >= 4 is 151 Å². The minimum absolute atomic E-state index is 0.0764. The van der Waals surface area contributed by atoms with Crippen molar-refractivity contribution in [1.29, 1.82) is 0 Å². The van der Waals surface area contributed by atoms with Crippen LogP contribution in [-0.2, 0) is 0 Å². The highest BCUT2D eigenvalue weighted by Gasteiger charge is 2.47. The molecule has 8 heteroatoms. The first-order valence-electron chi connectivity index (χ1n) is 21.6. The van der Waals surface area contributed by atoms with Gasteiger partial charge in [0.05, 0.1) is 39.2 Å². The molecule has 0 radical (unpaired) electrons. The quantitative estimate of drug-likeness (QED) is 0.161. The van der Waals surface area contributed by atoms with E-state index in [-0.39, 0.29) is 6.71 Å². The molecule has 12 aromatic rings. The van der Waals surface area contributed by atoms with Crippen molar-refractivity contribution in [3.05, 3.63) is 194 Å². The van der Waals surface area contributed by atoms with Crippen LogP contribution in [0.4, 0.5) is 51.2 Å².